The predicted octanol–water partition coefficient (Wildman–Crippen LogP) is 3.88. The fraction of sp³-hybridized carbons (Fsp3) is 0.308. The zero-order valence-corrected chi connectivity index (χ0v) is 11.7. The number of benzene rings is 1. The molecule has 0 fully saturated rings. The fourth-order valence-corrected chi connectivity index (χ4v) is 2.17. The van der Waals surface area contributed by atoms with Crippen molar-refractivity contribution in [3.63, 3.8) is 0 Å². The van der Waals surface area contributed by atoms with Gasteiger partial charge in [-0.05, 0) is 30.7 Å². The van der Waals surface area contributed by atoms with E-state index in [4.69, 9.17) is 32.7 Å². The minimum absolute atomic E-state index is 0.460. The second-order valence-corrected chi connectivity index (χ2v) is 4.70. The smallest absolute Gasteiger partial charge is 0.138 e. The summed E-state index contributed by atoms with van der Waals surface area (Å²) in [5.74, 6) is 0.633. The Labute approximate surface area is 116 Å². The molecule has 0 unspecified atom stereocenters. The molecular weight excluding hydrogens is 273 g/mol. The van der Waals surface area contributed by atoms with Gasteiger partial charge in [0.1, 0.15) is 17.5 Å². The highest BCUT2D eigenvalue weighted by Gasteiger charge is 2.08. The number of aromatic nitrogens is 1. The monoisotopic (exact) mass is 285 g/mol. The number of hydrogen-bond acceptors (Lipinski definition) is 3. The van der Waals surface area contributed by atoms with E-state index in [1.807, 2.05) is 19.1 Å². The van der Waals surface area contributed by atoms with Crippen LogP contribution in [0, 0.1) is 6.92 Å². The molecule has 1 aromatic heterocycles. The molecule has 0 aliphatic carbocycles. The summed E-state index contributed by atoms with van der Waals surface area (Å²) in [7, 11) is 1.63. The summed E-state index contributed by atoms with van der Waals surface area (Å²) in [6.07, 6.45) is 0. The van der Waals surface area contributed by atoms with E-state index in [1.54, 1.807) is 13.2 Å². The van der Waals surface area contributed by atoms with Crippen LogP contribution in [0.1, 0.15) is 5.56 Å². The lowest BCUT2D eigenvalue weighted by atomic mass is 10.1. The number of pyridine rings is 1. The van der Waals surface area contributed by atoms with Gasteiger partial charge in [0.15, 0.2) is 0 Å². The topological polar surface area (TPSA) is 31.4 Å². The van der Waals surface area contributed by atoms with Gasteiger partial charge in [0.2, 0.25) is 0 Å². The molecule has 0 saturated heterocycles. The van der Waals surface area contributed by atoms with E-state index in [2.05, 4.69) is 4.98 Å². The van der Waals surface area contributed by atoms with Gasteiger partial charge in [0.05, 0.1) is 17.1 Å². The fourth-order valence-electron chi connectivity index (χ4n) is 1.70. The number of halogens is 2. The molecule has 0 spiro atoms. The third-order valence-corrected chi connectivity index (χ3v) is 3.07. The molecule has 1 heterocycles. The van der Waals surface area contributed by atoms with Crippen LogP contribution in [0.4, 0.5) is 0 Å². The molecule has 0 bridgehead atoms. The minimum Gasteiger partial charge on any atom is -0.490 e. The summed E-state index contributed by atoms with van der Waals surface area (Å²) in [5, 5.41) is 1.97. The van der Waals surface area contributed by atoms with Crippen LogP contribution < -0.4 is 4.74 Å². The third kappa shape index (κ3) is 2.86. The molecule has 0 aliphatic heterocycles. The van der Waals surface area contributed by atoms with Gasteiger partial charge in [-0.3, -0.25) is 0 Å². The van der Waals surface area contributed by atoms with Crippen LogP contribution >= 0.6 is 23.2 Å². The maximum absolute atomic E-state index is 6.14. The zero-order valence-electron chi connectivity index (χ0n) is 10.2. The van der Waals surface area contributed by atoms with Gasteiger partial charge >= 0.3 is 0 Å². The van der Waals surface area contributed by atoms with Gasteiger partial charge in [0.25, 0.3) is 0 Å². The maximum Gasteiger partial charge on any atom is 0.138 e. The van der Waals surface area contributed by atoms with Crippen LogP contribution in [0.3, 0.4) is 0 Å². The molecule has 18 heavy (non-hydrogen) atoms. The lowest BCUT2D eigenvalue weighted by Gasteiger charge is -2.10. The highest BCUT2D eigenvalue weighted by Crippen LogP contribution is 2.31. The van der Waals surface area contributed by atoms with Crippen molar-refractivity contribution in [2.45, 2.75) is 6.92 Å². The third-order valence-electron chi connectivity index (χ3n) is 2.58. The molecule has 0 aliphatic rings. The Morgan fingerprint density at radius 3 is 2.67 bits per heavy atom. The molecule has 3 nitrogen and oxygen atoms in total. The van der Waals surface area contributed by atoms with Gasteiger partial charge < -0.3 is 9.47 Å². The predicted molar refractivity (Wildman–Crippen MR) is 73.9 cm³/mol. The van der Waals surface area contributed by atoms with E-state index in [-0.39, 0.29) is 0 Å². The Kier molecular flexibility index (Phi) is 4.27. The van der Waals surface area contributed by atoms with Gasteiger partial charge in [-0.15, -0.1) is 0 Å². The van der Waals surface area contributed by atoms with E-state index in [9.17, 15) is 0 Å². The Bertz CT molecular complexity index is 572. The van der Waals surface area contributed by atoms with Crippen LogP contribution in [-0.4, -0.2) is 25.3 Å². The first-order chi connectivity index (χ1) is 8.61. The molecule has 1 aromatic carbocycles. The van der Waals surface area contributed by atoms with Crippen molar-refractivity contribution < 1.29 is 9.47 Å². The molecule has 2 aromatic rings. The number of fused-ring (bicyclic) bond motifs is 1. The standard InChI is InChI=1S/C13H13Cl2NO2/c1-8-5-13(15)16-11-7-10(14)12(6-9(8)11)18-4-3-17-2/h5-7H,3-4H2,1-2H3. The van der Waals surface area contributed by atoms with Crippen molar-refractivity contribution in [1.82, 2.24) is 4.98 Å². The maximum atomic E-state index is 6.14. The molecular formula is C13H13Cl2NO2. The number of hydrogen-bond donors (Lipinski definition) is 0. The van der Waals surface area contributed by atoms with Crippen LogP contribution in [0.5, 0.6) is 5.75 Å². The van der Waals surface area contributed by atoms with Crippen LogP contribution in [0.25, 0.3) is 10.9 Å². The highest BCUT2D eigenvalue weighted by molar-refractivity contribution is 6.33. The first-order valence-corrected chi connectivity index (χ1v) is 6.25. The Morgan fingerprint density at radius 2 is 1.94 bits per heavy atom. The molecule has 2 rings (SSSR count). The summed E-state index contributed by atoms with van der Waals surface area (Å²) in [5.41, 5.74) is 1.81. The summed E-state index contributed by atoms with van der Waals surface area (Å²) < 4.78 is 10.5. The number of methoxy groups -OCH3 is 1. The van der Waals surface area contributed by atoms with Crippen LogP contribution in [0.15, 0.2) is 18.2 Å². The van der Waals surface area contributed by atoms with Crippen molar-refractivity contribution in [2.24, 2.45) is 0 Å². The lowest BCUT2D eigenvalue weighted by molar-refractivity contribution is 0.146. The second kappa shape index (κ2) is 5.74. The summed E-state index contributed by atoms with van der Waals surface area (Å²) in [6, 6.07) is 5.46. The van der Waals surface area contributed by atoms with E-state index >= 15 is 0 Å². The van der Waals surface area contributed by atoms with Crippen molar-refractivity contribution in [1.29, 1.82) is 0 Å². The molecule has 0 radical (unpaired) electrons. The molecule has 96 valence electrons. The Balaban J connectivity index is 2.41. The van der Waals surface area contributed by atoms with Gasteiger partial charge in [0, 0.05) is 12.5 Å². The molecule has 0 N–H and O–H groups in total. The summed E-state index contributed by atoms with van der Waals surface area (Å²) >= 11 is 12.1. The second-order valence-electron chi connectivity index (χ2n) is 3.90. The first kappa shape index (κ1) is 13.4. The van der Waals surface area contributed by atoms with Crippen molar-refractivity contribution in [2.75, 3.05) is 20.3 Å². The number of nitrogens with zero attached hydrogens (tertiary/aromatic N) is 1. The summed E-state index contributed by atoms with van der Waals surface area (Å²) in [6.45, 7) is 2.96. The average Bonchev–Trinajstić information content (AvgIpc) is 2.30. The number of rotatable bonds is 4. The normalized spacial score (nSPS) is 10.9. The Morgan fingerprint density at radius 1 is 1.17 bits per heavy atom. The van der Waals surface area contributed by atoms with Crippen molar-refractivity contribution in [3.8, 4) is 5.75 Å². The largest absolute Gasteiger partial charge is 0.490 e. The molecule has 0 atom stereocenters. The van der Waals surface area contributed by atoms with E-state index in [0.29, 0.717) is 29.1 Å². The van der Waals surface area contributed by atoms with E-state index in [0.717, 1.165) is 16.5 Å². The highest BCUT2D eigenvalue weighted by atomic mass is 35.5. The number of aryl methyl sites for hydroxylation is 1. The van der Waals surface area contributed by atoms with Gasteiger partial charge in [-0.2, -0.15) is 0 Å². The SMILES string of the molecule is COCCOc1cc2c(C)cc(Cl)nc2cc1Cl. The minimum atomic E-state index is 0.460. The van der Waals surface area contributed by atoms with Gasteiger partial charge in [-0.25, -0.2) is 4.98 Å². The first-order valence-electron chi connectivity index (χ1n) is 5.50. The van der Waals surface area contributed by atoms with Crippen molar-refractivity contribution in [3.05, 3.63) is 33.9 Å². The quantitative estimate of drug-likeness (QED) is 0.631. The van der Waals surface area contributed by atoms with Crippen LogP contribution in [-0.2, 0) is 4.74 Å². The average molecular weight is 286 g/mol. The van der Waals surface area contributed by atoms with Gasteiger partial charge in [-0.1, -0.05) is 23.2 Å². The lowest BCUT2D eigenvalue weighted by Crippen LogP contribution is -2.04. The Hall–Kier alpha value is -1.03. The molecule has 5 heteroatoms. The molecule has 0 saturated carbocycles. The van der Waals surface area contributed by atoms with Crippen LogP contribution in [0.2, 0.25) is 10.2 Å². The summed E-state index contributed by atoms with van der Waals surface area (Å²) in [4.78, 5) is 4.24. The van der Waals surface area contributed by atoms with E-state index < -0.39 is 0 Å². The molecule has 0 amide bonds. The number of ether oxygens (including phenoxy) is 2. The van der Waals surface area contributed by atoms with Crippen molar-refractivity contribution >= 4 is 34.1 Å². The van der Waals surface area contributed by atoms with E-state index in [1.165, 1.54) is 0 Å². The zero-order chi connectivity index (χ0) is 13.1.